The van der Waals surface area contributed by atoms with Crippen molar-refractivity contribution in [3.8, 4) is 11.5 Å². The van der Waals surface area contributed by atoms with Crippen LogP contribution in [0.25, 0.3) is 6.08 Å². The highest BCUT2D eigenvalue weighted by Crippen LogP contribution is 2.39. The van der Waals surface area contributed by atoms with E-state index in [9.17, 15) is 43.2 Å². The van der Waals surface area contributed by atoms with Gasteiger partial charge < -0.3 is 14.4 Å². The summed E-state index contributed by atoms with van der Waals surface area (Å²) < 4.78 is 130. The second-order valence-corrected chi connectivity index (χ2v) is 9.98. The van der Waals surface area contributed by atoms with Crippen molar-refractivity contribution in [1.29, 1.82) is 0 Å². The molecule has 0 heterocycles. The lowest BCUT2D eigenvalue weighted by Gasteiger charge is -2.19. The first-order valence-corrected chi connectivity index (χ1v) is 10.8. The second-order valence-electron chi connectivity index (χ2n) is 5.91. The van der Waals surface area contributed by atoms with Crippen LogP contribution in [0.2, 0.25) is 0 Å². The van der Waals surface area contributed by atoms with Gasteiger partial charge in [0.25, 0.3) is 19.7 Å². The third-order valence-corrected chi connectivity index (χ3v) is 7.51. The standard InChI is InChI=1S/C16H17F6NO6S2/c1-23(2)12-9-11(28-3)8-10(14(12)29-4)6-5-7-13(30(24,25)15(17,18)19)31(26,27)16(20,21)22/h5-9H,1-4H3. The molecule has 1 rings (SSSR count). The number of nitrogens with zero attached hydrogens (tertiary/aromatic N) is 1. The molecule has 1 aromatic carbocycles. The van der Waals surface area contributed by atoms with Crippen LogP contribution < -0.4 is 14.4 Å². The molecule has 0 bridgehead atoms. The number of ether oxygens (including phenoxy) is 2. The maximum absolute atomic E-state index is 12.8. The van der Waals surface area contributed by atoms with E-state index >= 15 is 0 Å². The van der Waals surface area contributed by atoms with E-state index in [-0.39, 0.29) is 23.1 Å². The smallest absolute Gasteiger partial charge is 0.497 e. The maximum atomic E-state index is 12.8. The molecule has 0 aromatic heterocycles. The molecule has 15 heteroatoms. The average Bonchev–Trinajstić information content (AvgIpc) is 2.61. The molecular formula is C16H17F6NO6S2. The van der Waals surface area contributed by atoms with Gasteiger partial charge in [-0.15, -0.1) is 0 Å². The van der Waals surface area contributed by atoms with Crippen LogP contribution in [0.4, 0.5) is 32.0 Å². The normalized spacial score (nSPS) is 13.2. The fourth-order valence-electron chi connectivity index (χ4n) is 2.19. The van der Waals surface area contributed by atoms with E-state index in [0.29, 0.717) is 11.8 Å². The third-order valence-electron chi connectivity index (χ3n) is 3.64. The number of methoxy groups -OCH3 is 2. The van der Waals surface area contributed by atoms with Gasteiger partial charge in [0.15, 0.2) is 4.24 Å². The fourth-order valence-corrected chi connectivity index (χ4v) is 4.88. The minimum Gasteiger partial charge on any atom is -0.497 e. The number of anilines is 1. The van der Waals surface area contributed by atoms with E-state index < -0.39 is 34.9 Å². The van der Waals surface area contributed by atoms with Crippen molar-refractivity contribution in [2.24, 2.45) is 0 Å². The van der Waals surface area contributed by atoms with E-state index in [1.165, 1.54) is 26.4 Å². The number of hydrogen-bond donors (Lipinski definition) is 0. The van der Waals surface area contributed by atoms with Gasteiger partial charge in [-0.05, 0) is 12.1 Å². The van der Waals surface area contributed by atoms with Gasteiger partial charge in [0.05, 0.1) is 19.9 Å². The quantitative estimate of drug-likeness (QED) is 0.421. The molecule has 0 atom stereocenters. The zero-order valence-electron chi connectivity index (χ0n) is 16.4. The number of rotatable bonds is 7. The zero-order valence-corrected chi connectivity index (χ0v) is 18.0. The van der Waals surface area contributed by atoms with Gasteiger partial charge >= 0.3 is 11.0 Å². The van der Waals surface area contributed by atoms with Crippen LogP contribution in [0.5, 0.6) is 11.5 Å². The van der Waals surface area contributed by atoms with Crippen LogP contribution in [0, 0.1) is 0 Å². The molecule has 0 radical (unpaired) electrons. The molecule has 7 nitrogen and oxygen atoms in total. The lowest BCUT2D eigenvalue weighted by Crippen LogP contribution is -2.34. The molecule has 0 saturated carbocycles. The van der Waals surface area contributed by atoms with Crippen molar-refractivity contribution in [2.75, 3.05) is 33.2 Å². The molecule has 176 valence electrons. The van der Waals surface area contributed by atoms with Gasteiger partial charge in [0.1, 0.15) is 11.5 Å². The van der Waals surface area contributed by atoms with E-state index in [2.05, 4.69) is 0 Å². The van der Waals surface area contributed by atoms with Crippen LogP contribution in [0.1, 0.15) is 5.56 Å². The number of halogens is 6. The lowest BCUT2D eigenvalue weighted by atomic mass is 10.1. The van der Waals surface area contributed by atoms with Crippen LogP contribution in [0.15, 0.2) is 28.5 Å². The molecule has 0 spiro atoms. The first-order chi connectivity index (χ1) is 13.9. The first kappa shape index (κ1) is 26.6. The Morgan fingerprint density at radius 3 is 1.74 bits per heavy atom. The van der Waals surface area contributed by atoms with Crippen LogP contribution >= 0.6 is 0 Å². The average molecular weight is 497 g/mol. The molecule has 0 aliphatic rings. The Kier molecular flexibility index (Phi) is 7.71. The highest BCUT2D eigenvalue weighted by Gasteiger charge is 2.59. The Labute approximate surface area is 174 Å². The van der Waals surface area contributed by atoms with Crippen molar-refractivity contribution in [1.82, 2.24) is 0 Å². The van der Waals surface area contributed by atoms with E-state index in [4.69, 9.17) is 9.47 Å². The van der Waals surface area contributed by atoms with Crippen LogP contribution in [-0.2, 0) is 19.7 Å². The Hall–Kier alpha value is -2.42. The largest absolute Gasteiger partial charge is 0.502 e. The molecule has 0 N–H and O–H groups in total. The van der Waals surface area contributed by atoms with Gasteiger partial charge in [-0.2, -0.15) is 26.3 Å². The van der Waals surface area contributed by atoms with Gasteiger partial charge in [-0.1, -0.05) is 12.2 Å². The molecular weight excluding hydrogens is 480 g/mol. The van der Waals surface area contributed by atoms with Crippen molar-refractivity contribution in [2.45, 2.75) is 11.0 Å². The molecule has 0 amide bonds. The van der Waals surface area contributed by atoms with Gasteiger partial charge in [0, 0.05) is 25.7 Å². The number of allylic oxidation sites excluding steroid dienone is 2. The molecule has 31 heavy (non-hydrogen) atoms. The van der Waals surface area contributed by atoms with Crippen molar-refractivity contribution in [3.05, 3.63) is 34.1 Å². The van der Waals surface area contributed by atoms with Crippen LogP contribution in [-0.4, -0.2) is 56.2 Å². The molecule has 1 aromatic rings. The van der Waals surface area contributed by atoms with Gasteiger partial charge in [-0.25, -0.2) is 16.8 Å². The summed E-state index contributed by atoms with van der Waals surface area (Å²) >= 11 is 0. The Bertz CT molecular complexity index is 1040. The van der Waals surface area contributed by atoms with E-state index in [0.717, 1.165) is 6.08 Å². The second kappa shape index (κ2) is 8.98. The summed E-state index contributed by atoms with van der Waals surface area (Å²) in [4.78, 5) is 1.56. The van der Waals surface area contributed by atoms with Crippen LogP contribution in [0.3, 0.4) is 0 Å². The SMILES string of the molecule is COc1cc(C=CC=C(S(=O)(=O)C(F)(F)F)S(=O)(=O)C(F)(F)F)c(OC)c(N(C)C)c1. The molecule has 0 aliphatic carbocycles. The molecule has 0 unspecified atom stereocenters. The summed E-state index contributed by atoms with van der Waals surface area (Å²) in [6.07, 6.45) is 0.991. The van der Waals surface area contributed by atoms with Crippen molar-refractivity contribution in [3.63, 3.8) is 0 Å². The lowest BCUT2D eigenvalue weighted by molar-refractivity contribution is -0.0444. The summed E-state index contributed by atoms with van der Waals surface area (Å²) in [5.41, 5.74) is -12.1. The molecule has 0 saturated heterocycles. The fraction of sp³-hybridized carbons (Fsp3) is 0.375. The molecule has 0 fully saturated rings. The van der Waals surface area contributed by atoms with E-state index in [1.807, 2.05) is 0 Å². The Morgan fingerprint density at radius 1 is 0.903 bits per heavy atom. The monoisotopic (exact) mass is 497 g/mol. The highest BCUT2D eigenvalue weighted by molar-refractivity contribution is 8.15. The summed E-state index contributed by atoms with van der Waals surface area (Å²) in [5, 5.41) is 0. The zero-order chi connectivity index (χ0) is 24.4. The summed E-state index contributed by atoms with van der Waals surface area (Å²) in [6.45, 7) is 0. The predicted octanol–water partition coefficient (Wildman–Crippen LogP) is 3.49. The summed E-state index contributed by atoms with van der Waals surface area (Å²) in [7, 11) is -7.96. The molecule has 0 aliphatic heterocycles. The topological polar surface area (TPSA) is 90.0 Å². The van der Waals surface area contributed by atoms with Crippen molar-refractivity contribution < 1.29 is 52.7 Å². The van der Waals surface area contributed by atoms with Crippen molar-refractivity contribution >= 4 is 31.4 Å². The van der Waals surface area contributed by atoms with E-state index in [1.54, 1.807) is 19.0 Å². The first-order valence-electron chi connectivity index (χ1n) is 7.86. The highest BCUT2D eigenvalue weighted by atomic mass is 32.3. The Balaban J connectivity index is 3.77. The number of sulfone groups is 2. The number of benzene rings is 1. The third kappa shape index (κ3) is 5.44. The minimum absolute atomic E-state index is 0.0509. The maximum Gasteiger partial charge on any atom is 0.502 e. The number of alkyl halides is 6. The summed E-state index contributed by atoms with van der Waals surface area (Å²) in [5.74, 6) is 0.327. The van der Waals surface area contributed by atoms with Gasteiger partial charge in [-0.3, -0.25) is 0 Å². The van der Waals surface area contributed by atoms with Gasteiger partial charge in [0.2, 0.25) is 0 Å². The minimum atomic E-state index is -6.85. The Morgan fingerprint density at radius 2 is 1.39 bits per heavy atom. The number of hydrogen-bond acceptors (Lipinski definition) is 7. The predicted molar refractivity (Wildman–Crippen MR) is 101 cm³/mol. The summed E-state index contributed by atoms with van der Waals surface area (Å²) in [6, 6.07) is 2.80.